The van der Waals surface area contributed by atoms with E-state index in [2.05, 4.69) is 0 Å². The molecule has 1 aliphatic rings. The summed E-state index contributed by atoms with van der Waals surface area (Å²) in [7, 11) is 0. The van der Waals surface area contributed by atoms with Gasteiger partial charge in [-0.25, -0.2) is 4.90 Å². The van der Waals surface area contributed by atoms with Crippen molar-refractivity contribution in [3.8, 4) is 5.75 Å². The molecular weight excluding hydrogens is 420 g/mol. The van der Waals surface area contributed by atoms with Gasteiger partial charge in [-0.15, -0.1) is 0 Å². The van der Waals surface area contributed by atoms with Gasteiger partial charge in [0.2, 0.25) is 11.8 Å². The summed E-state index contributed by atoms with van der Waals surface area (Å²) in [6, 6.07) is 13.1. The summed E-state index contributed by atoms with van der Waals surface area (Å²) in [6.45, 7) is 9.42. The maximum absolute atomic E-state index is 13.4. The molecule has 2 aromatic rings. The minimum absolute atomic E-state index is 0.0771. The van der Waals surface area contributed by atoms with E-state index < -0.39 is 17.9 Å². The maximum Gasteiger partial charge on any atom is 0.308 e. The molecule has 0 radical (unpaired) electrons. The Morgan fingerprint density at radius 1 is 1.03 bits per heavy atom. The highest BCUT2D eigenvalue weighted by molar-refractivity contribution is 6.23. The molecule has 1 heterocycles. The second kappa shape index (κ2) is 9.57. The van der Waals surface area contributed by atoms with E-state index in [-0.39, 0.29) is 36.6 Å². The zero-order valence-corrected chi connectivity index (χ0v) is 19.8. The number of benzene rings is 2. The summed E-state index contributed by atoms with van der Waals surface area (Å²) in [6.07, 6.45) is 0.181. The van der Waals surface area contributed by atoms with Crippen LogP contribution in [0.2, 0.25) is 0 Å². The van der Waals surface area contributed by atoms with Crippen molar-refractivity contribution in [3.05, 3.63) is 59.7 Å². The fourth-order valence-corrected chi connectivity index (χ4v) is 3.78. The van der Waals surface area contributed by atoms with Gasteiger partial charge in [-0.05, 0) is 42.2 Å². The lowest BCUT2D eigenvalue weighted by Crippen LogP contribution is -2.46. The van der Waals surface area contributed by atoms with Crippen molar-refractivity contribution in [2.75, 3.05) is 4.90 Å². The van der Waals surface area contributed by atoms with Gasteiger partial charge in [-0.3, -0.25) is 19.2 Å². The van der Waals surface area contributed by atoms with Gasteiger partial charge in [-0.2, -0.15) is 0 Å². The highest BCUT2D eigenvalue weighted by atomic mass is 16.5. The van der Waals surface area contributed by atoms with Crippen molar-refractivity contribution in [3.63, 3.8) is 0 Å². The van der Waals surface area contributed by atoms with Crippen molar-refractivity contribution in [1.29, 1.82) is 0 Å². The number of esters is 1. The molecular formula is C26H30N2O5. The SMILES string of the molecule is CC(=O)Oc1ccc(N2C(=O)CC(N(Cc3ccc(C)cc3)C(=O)CC(C)(C)C)C2=O)cc1. The van der Waals surface area contributed by atoms with E-state index in [1.165, 1.54) is 24.0 Å². The van der Waals surface area contributed by atoms with Crippen LogP contribution in [0.3, 0.4) is 0 Å². The van der Waals surface area contributed by atoms with Gasteiger partial charge < -0.3 is 9.64 Å². The molecule has 0 aromatic heterocycles. The number of nitrogens with zero attached hydrogens (tertiary/aromatic N) is 2. The highest BCUT2D eigenvalue weighted by Crippen LogP contribution is 2.30. The standard InChI is InChI=1S/C26H30N2O5/c1-17-6-8-19(9-7-17)16-27(24(31)15-26(3,4)5)22-14-23(30)28(25(22)32)20-10-12-21(13-11-20)33-18(2)29/h6-13,22H,14-16H2,1-5H3. The van der Waals surface area contributed by atoms with Crippen LogP contribution in [0.25, 0.3) is 0 Å². The number of carbonyl (C=O) groups excluding carboxylic acids is 4. The molecule has 0 bridgehead atoms. The Morgan fingerprint density at radius 2 is 1.64 bits per heavy atom. The van der Waals surface area contributed by atoms with Crippen LogP contribution in [-0.2, 0) is 25.7 Å². The molecule has 2 aromatic carbocycles. The number of ether oxygens (including phenoxy) is 1. The third-order valence-corrected chi connectivity index (χ3v) is 5.33. The predicted molar refractivity (Wildman–Crippen MR) is 124 cm³/mol. The molecule has 1 saturated heterocycles. The fourth-order valence-electron chi connectivity index (χ4n) is 3.78. The molecule has 7 heteroatoms. The topological polar surface area (TPSA) is 84.0 Å². The van der Waals surface area contributed by atoms with Crippen LogP contribution in [0.15, 0.2) is 48.5 Å². The van der Waals surface area contributed by atoms with Crippen LogP contribution in [0.1, 0.15) is 51.7 Å². The number of imide groups is 1. The zero-order valence-electron chi connectivity index (χ0n) is 19.8. The van der Waals surface area contributed by atoms with Gasteiger partial charge in [-0.1, -0.05) is 50.6 Å². The normalized spacial score (nSPS) is 16.2. The van der Waals surface area contributed by atoms with Crippen molar-refractivity contribution < 1.29 is 23.9 Å². The van der Waals surface area contributed by atoms with Gasteiger partial charge in [0.05, 0.1) is 12.1 Å². The number of amides is 3. The minimum Gasteiger partial charge on any atom is -0.427 e. The molecule has 174 valence electrons. The summed E-state index contributed by atoms with van der Waals surface area (Å²) in [5.74, 6) is -1.11. The first-order valence-electron chi connectivity index (χ1n) is 10.9. The molecule has 0 spiro atoms. The average Bonchev–Trinajstić information content (AvgIpc) is 3.00. The van der Waals surface area contributed by atoms with Gasteiger partial charge in [0.25, 0.3) is 5.91 Å². The first-order chi connectivity index (χ1) is 15.4. The van der Waals surface area contributed by atoms with E-state index >= 15 is 0 Å². The van der Waals surface area contributed by atoms with Crippen molar-refractivity contribution in [1.82, 2.24) is 4.90 Å². The summed E-state index contributed by atoms with van der Waals surface area (Å²) in [4.78, 5) is 53.2. The van der Waals surface area contributed by atoms with Crippen LogP contribution < -0.4 is 9.64 Å². The number of anilines is 1. The number of hydrogen-bond donors (Lipinski definition) is 0. The largest absolute Gasteiger partial charge is 0.427 e. The lowest BCUT2D eigenvalue weighted by atomic mass is 9.91. The maximum atomic E-state index is 13.4. The predicted octanol–water partition coefficient (Wildman–Crippen LogP) is 4.02. The van der Waals surface area contributed by atoms with Crippen LogP contribution in [-0.4, -0.2) is 34.6 Å². The molecule has 0 saturated carbocycles. The molecule has 1 fully saturated rings. The molecule has 1 aliphatic heterocycles. The van der Waals surface area contributed by atoms with E-state index in [9.17, 15) is 19.2 Å². The summed E-state index contributed by atoms with van der Waals surface area (Å²) in [5, 5.41) is 0. The summed E-state index contributed by atoms with van der Waals surface area (Å²) < 4.78 is 5.02. The van der Waals surface area contributed by atoms with Crippen LogP contribution in [0.4, 0.5) is 5.69 Å². The first kappa shape index (κ1) is 24.2. The lowest BCUT2D eigenvalue weighted by molar-refractivity contribution is -0.140. The molecule has 1 atom stereocenters. The average molecular weight is 451 g/mol. The molecule has 0 aliphatic carbocycles. The first-order valence-corrected chi connectivity index (χ1v) is 10.9. The monoisotopic (exact) mass is 450 g/mol. The summed E-state index contributed by atoms with van der Waals surface area (Å²) >= 11 is 0. The molecule has 7 nitrogen and oxygen atoms in total. The van der Waals surface area contributed by atoms with E-state index in [4.69, 9.17) is 4.74 Å². The van der Waals surface area contributed by atoms with Crippen LogP contribution in [0, 0.1) is 12.3 Å². The van der Waals surface area contributed by atoms with E-state index in [0.29, 0.717) is 11.4 Å². The molecule has 0 N–H and O–H groups in total. The number of carbonyl (C=O) groups is 4. The second-order valence-corrected chi connectivity index (χ2v) is 9.62. The fraction of sp³-hybridized carbons (Fsp3) is 0.385. The number of hydrogen-bond acceptors (Lipinski definition) is 5. The Labute approximate surface area is 194 Å². The van der Waals surface area contributed by atoms with Crippen LogP contribution in [0.5, 0.6) is 5.75 Å². The van der Waals surface area contributed by atoms with Crippen LogP contribution >= 0.6 is 0 Å². The number of rotatable bonds is 6. The lowest BCUT2D eigenvalue weighted by Gasteiger charge is -2.30. The molecule has 33 heavy (non-hydrogen) atoms. The van der Waals surface area contributed by atoms with E-state index in [1.54, 1.807) is 12.1 Å². The van der Waals surface area contributed by atoms with E-state index in [0.717, 1.165) is 16.0 Å². The minimum atomic E-state index is -0.873. The van der Waals surface area contributed by atoms with Crippen molar-refractivity contribution in [2.24, 2.45) is 5.41 Å². The smallest absolute Gasteiger partial charge is 0.308 e. The van der Waals surface area contributed by atoms with Gasteiger partial charge >= 0.3 is 5.97 Å². The third-order valence-electron chi connectivity index (χ3n) is 5.33. The van der Waals surface area contributed by atoms with Crippen molar-refractivity contribution >= 4 is 29.4 Å². The number of aryl methyl sites for hydroxylation is 1. The molecule has 3 rings (SSSR count). The Morgan fingerprint density at radius 3 is 2.18 bits per heavy atom. The Kier molecular flexibility index (Phi) is 7.01. The van der Waals surface area contributed by atoms with Crippen molar-refractivity contribution in [2.45, 2.75) is 60.0 Å². The molecule has 3 amide bonds. The summed E-state index contributed by atoms with van der Waals surface area (Å²) in [5.41, 5.74) is 2.11. The Hall–Kier alpha value is -3.48. The second-order valence-electron chi connectivity index (χ2n) is 9.62. The van der Waals surface area contributed by atoms with E-state index in [1.807, 2.05) is 52.0 Å². The van der Waals surface area contributed by atoms with Gasteiger partial charge in [0, 0.05) is 19.9 Å². The molecule has 1 unspecified atom stereocenters. The highest BCUT2D eigenvalue weighted by Gasteiger charge is 2.44. The zero-order chi connectivity index (χ0) is 24.3. The van der Waals surface area contributed by atoms with Gasteiger partial charge in [0.1, 0.15) is 11.8 Å². The quantitative estimate of drug-likeness (QED) is 0.377. The Bertz CT molecular complexity index is 1050. The Balaban J connectivity index is 1.87. The van der Waals surface area contributed by atoms with Gasteiger partial charge in [0.15, 0.2) is 0 Å². The third kappa shape index (κ3) is 6.06.